The van der Waals surface area contributed by atoms with Gasteiger partial charge in [0.15, 0.2) is 0 Å². The lowest BCUT2D eigenvalue weighted by Crippen LogP contribution is -2.22. The molecule has 0 radical (unpaired) electrons. The Labute approximate surface area is 134 Å². The summed E-state index contributed by atoms with van der Waals surface area (Å²) in [5.74, 6) is 0.714. The lowest BCUT2D eigenvalue weighted by Gasteiger charge is -2.33. The number of para-hydroxylation sites is 1. The van der Waals surface area contributed by atoms with Crippen molar-refractivity contribution in [2.24, 2.45) is 5.41 Å². The molecule has 2 heteroatoms. The Kier molecular flexibility index (Phi) is 4.81. The fourth-order valence-electron chi connectivity index (χ4n) is 3.41. The highest BCUT2D eigenvalue weighted by Gasteiger charge is 2.28. The van der Waals surface area contributed by atoms with Crippen molar-refractivity contribution in [3.05, 3.63) is 53.1 Å². The fourth-order valence-corrected chi connectivity index (χ4v) is 3.41. The molecule has 1 atom stereocenters. The molecule has 0 bridgehead atoms. The second kappa shape index (κ2) is 6.29. The Bertz CT molecular complexity index is 591. The third-order valence-corrected chi connectivity index (χ3v) is 4.77. The Morgan fingerprint density at radius 1 is 1.27 bits per heavy atom. The van der Waals surface area contributed by atoms with Crippen molar-refractivity contribution < 1.29 is 9.84 Å². The monoisotopic (exact) mass is 300 g/mol. The normalized spacial score (nSPS) is 21.0. The molecule has 2 nitrogen and oxygen atoms in total. The quantitative estimate of drug-likeness (QED) is 0.849. The fraction of sp³-hybridized carbons (Fsp3) is 0.500. The molecule has 0 fully saturated rings. The van der Waals surface area contributed by atoms with Crippen molar-refractivity contribution in [1.82, 2.24) is 0 Å². The van der Waals surface area contributed by atoms with Crippen molar-refractivity contribution in [1.29, 1.82) is 0 Å². The summed E-state index contributed by atoms with van der Waals surface area (Å²) in [6.45, 7) is 8.59. The number of aliphatic hydroxyl groups is 1. The number of methoxy groups -OCH3 is 1. The van der Waals surface area contributed by atoms with E-state index in [-0.39, 0.29) is 5.41 Å². The maximum absolute atomic E-state index is 10.9. The summed E-state index contributed by atoms with van der Waals surface area (Å²) in [6, 6.07) is 7.64. The van der Waals surface area contributed by atoms with Gasteiger partial charge < -0.3 is 9.84 Å². The molecule has 0 heterocycles. The van der Waals surface area contributed by atoms with Gasteiger partial charge in [0.05, 0.1) is 7.11 Å². The number of hydrogen-bond donors (Lipinski definition) is 1. The van der Waals surface area contributed by atoms with Gasteiger partial charge in [-0.1, -0.05) is 43.7 Å². The second-order valence-corrected chi connectivity index (χ2v) is 7.11. The molecule has 1 aromatic rings. The van der Waals surface area contributed by atoms with Gasteiger partial charge in [-0.25, -0.2) is 0 Å². The Balaban J connectivity index is 2.35. The third kappa shape index (κ3) is 3.44. The molecular formula is C20H28O2. The van der Waals surface area contributed by atoms with Crippen LogP contribution >= 0.6 is 0 Å². The molecular weight excluding hydrogens is 272 g/mol. The molecule has 2 rings (SSSR count). The summed E-state index contributed by atoms with van der Waals surface area (Å²) in [5.41, 5.74) is 2.71. The Morgan fingerprint density at radius 3 is 2.59 bits per heavy atom. The van der Waals surface area contributed by atoms with Gasteiger partial charge >= 0.3 is 0 Å². The molecule has 0 spiro atoms. The van der Waals surface area contributed by atoms with Crippen molar-refractivity contribution in [2.45, 2.75) is 52.6 Å². The average Bonchev–Trinajstić information content (AvgIpc) is 2.46. The molecule has 0 aliphatic heterocycles. The molecule has 0 aromatic heterocycles. The predicted molar refractivity (Wildman–Crippen MR) is 92.0 cm³/mol. The molecule has 120 valence electrons. The summed E-state index contributed by atoms with van der Waals surface area (Å²) < 4.78 is 5.38. The van der Waals surface area contributed by atoms with E-state index in [4.69, 9.17) is 4.74 Å². The average molecular weight is 300 g/mol. The summed E-state index contributed by atoms with van der Waals surface area (Å²) in [6.07, 6.45) is 7.61. The third-order valence-electron chi connectivity index (χ3n) is 4.77. The SMILES string of the molecule is COc1ccccc1C(C)(O)/C=C/C1=C(C)CCCC1(C)C. The Morgan fingerprint density at radius 2 is 1.95 bits per heavy atom. The molecule has 22 heavy (non-hydrogen) atoms. The van der Waals surface area contributed by atoms with Crippen LogP contribution in [0.2, 0.25) is 0 Å². The minimum absolute atomic E-state index is 0.176. The lowest BCUT2D eigenvalue weighted by atomic mass is 9.72. The van der Waals surface area contributed by atoms with E-state index in [1.165, 1.54) is 24.0 Å². The summed E-state index contributed by atoms with van der Waals surface area (Å²) in [5, 5.41) is 10.9. The van der Waals surface area contributed by atoms with Gasteiger partial charge in [-0.15, -0.1) is 0 Å². The number of rotatable bonds is 4. The van der Waals surface area contributed by atoms with Gasteiger partial charge in [0.25, 0.3) is 0 Å². The van der Waals surface area contributed by atoms with Gasteiger partial charge in [-0.2, -0.15) is 0 Å². The van der Waals surface area contributed by atoms with Crippen molar-refractivity contribution >= 4 is 0 Å². The molecule has 0 saturated carbocycles. The van der Waals surface area contributed by atoms with Crippen molar-refractivity contribution in [3.8, 4) is 5.75 Å². The zero-order valence-electron chi connectivity index (χ0n) is 14.4. The second-order valence-electron chi connectivity index (χ2n) is 7.11. The molecule has 1 N–H and O–H groups in total. The number of ether oxygens (including phenoxy) is 1. The van der Waals surface area contributed by atoms with E-state index in [1.807, 2.05) is 37.3 Å². The lowest BCUT2D eigenvalue weighted by molar-refractivity contribution is 0.107. The highest BCUT2D eigenvalue weighted by atomic mass is 16.5. The zero-order chi connectivity index (χ0) is 16.4. The first-order chi connectivity index (χ1) is 10.3. The standard InChI is InChI=1S/C20H28O2/c1-15-9-8-13-19(2,3)16(15)12-14-20(4,21)17-10-6-7-11-18(17)22-5/h6-7,10-12,14,21H,8-9,13H2,1-5H3/b14-12+. The molecule has 0 saturated heterocycles. The van der Waals surface area contributed by atoms with E-state index in [1.54, 1.807) is 7.11 Å². The first kappa shape index (κ1) is 16.8. The van der Waals surface area contributed by atoms with E-state index in [9.17, 15) is 5.11 Å². The van der Waals surface area contributed by atoms with Crippen molar-refractivity contribution in [3.63, 3.8) is 0 Å². The van der Waals surface area contributed by atoms with E-state index in [0.29, 0.717) is 5.75 Å². The van der Waals surface area contributed by atoms with Gasteiger partial charge in [0, 0.05) is 5.56 Å². The van der Waals surface area contributed by atoms with Crippen LogP contribution in [0.4, 0.5) is 0 Å². The van der Waals surface area contributed by atoms with Crippen LogP contribution < -0.4 is 4.74 Å². The van der Waals surface area contributed by atoms with E-state index >= 15 is 0 Å². The topological polar surface area (TPSA) is 29.5 Å². The smallest absolute Gasteiger partial charge is 0.125 e. The number of benzene rings is 1. The van der Waals surface area contributed by atoms with E-state index in [0.717, 1.165) is 12.0 Å². The highest BCUT2D eigenvalue weighted by molar-refractivity contribution is 5.42. The van der Waals surface area contributed by atoms with Gasteiger partial charge in [0.1, 0.15) is 11.4 Å². The van der Waals surface area contributed by atoms with Crippen LogP contribution in [0.1, 0.15) is 52.5 Å². The van der Waals surface area contributed by atoms with E-state index in [2.05, 4.69) is 26.8 Å². The Hall–Kier alpha value is -1.54. The largest absolute Gasteiger partial charge is 0.496 e. The molecule has 1 aliphatic rings. The minimum Gasteiger partial charge on any atom is -0.496 e. The van der Waals surface area contributed by atoms with Gasteiger partial charge in [-0.05, 0) is 56.2 Å². The highest BCUT2D eigenvalue weighted by Crippen LogP contribution is 2.41. The van der Waals surface area contributed by atoms with E-state index < -0.39 is 5.60 Å². The first-order valence-corrected chi connectivity index (χ1v) is 8.03. The van der Waals surface area contributed by atoms with Crippen LogP contribution in [0.3, 0.4) is 0 Å². The molecule has 0 amide bonds. The van der Waals surface area contributed by atoms with Crippen LogP contribution in [0.5, 0.6) is 5.75 Å². The minimum atomic E-state index is -1.05. The molecule has 1 aromatic carbocycles. The maximum atomic E-state index is 10.9. The predicted octanol–water partition coefficient (Wildman–Crippen LogP) is 4.99. The van der Waals surface area contributed by atoms with Crippen LogP contribution in [-0.4, -0.2) is 12.2 Å². The molecule has 1 unspecified atom stereocenters. The van der Waals surface area contributed by atoms with Crippen LogP contribution in [0.15, 0.2) is 47.6 Å². The summed E-state index contributed by atoms with van der Waals surface area (Å²) in [7, 11) is 1.63. The van der Waals surface area contributed by atoms with Gasteiger partial charge in [0.2, 0.25) is 0 Å². The maximum Gasteiger partial charge on any atom is 0.125 e. The number of allylic oxidation sites excluding steroid dienone is 3. The zero-order valence-corrected chi connectivity index (χ0v) is 14.4. The summed E-state index contributed by atoms with van der Waals surface area (Å²) in [4.78, 5) is 0. The van der Waals surface area contributed by atoms with Gasteiger partial charge in [-0.3, -0.25) is 0 Å². The van der Waals surface area contributed by atoms with Crippen LogP contribution in [0, 0.1) is 5.41 Å². The van der Waals surface area contributed by atoms with Crippen LogP contribution in [0.25, 0.3) is 0 Å². The van der Waals surface area contributed by atoms with Crippen LogP contribution in [-0.2, 0) is 5.60 Å². The first-order valence-electron chi connectivity index (χ1n) is 8.03. The molecule has 1 aliphatic carbocycles. The van der Waals surface area contributed by atoms with Crippen molar-refractivity contribution in [2.75, 3.05) is 7.11 Å². The summed E-state index contributed by atoms with van der Waals surface area (Å²) >= 11 is 0. The number of hydrogen-bond acceptors (Lipinski definition) is 2.